The number of nitrogens with one attached hydrogen (secondary N) is 1. The van der Waals surface area contributed by atoms with Crippen molar-refractivity contribution >= 4 is 5.95 Å². The number of hydrogen-bond donors (Lipinski definition) is 1. The number of nitrogens with zero attached hydrogens (tertiary/aromatic N) is 3. The van der Waals surface area contributed by atoms with Crippen molar-refractivity contribution in [3.8, 4) is 0 Å². The summed E-state index contributed by atoms with van der Waals surface area (Å²) in [6.07, 6.45) is 4.69. The normalized spacial score (nSPS) is 19.9. The molecule has 1 fully saturated rings. The molecule has 1 aliphatic rings. The lowest BCUT2D eigenvalue weighted by molar-refractivity contribution is 0.187. The number of methoxy groups -OCH3 is 1. The zero-order valence-corrected chi connectivity index (χ0v) is 12.4. The first-order valence-corrected chi connectivity index (χ1v) is 7.17. The van der Waals surface area contributed by atoms with Gasteiger partial charge in [-0.2, -0.15) is 0 Å². The maximum absolute atomic E-state index is 5.18. The van der Waals surface area contributed by atoms with Crippen molar-refractivity contribution < 1.29 is 4.74 Å². The summed E-state index contributed by atoms with van der Waals surface area (Å²) >= 11 is 0. The molecule has 2 heterocycles. The van der Waals surface area contributed by atoms with Gasteiger partial charge in [-0.25, -0.2) is 4.98 Å². The third kappa shape index (κ3) is 3.70. The Morgan fingerprint density at radius 2 is 2.37 bits per heavy atom. The predicted molar refractivity (Wildman–Crippen MR) is 77.7 cm³/mol. The van der Waals surface area contributed by atoms with E-state index in [1.54, 1.807) is 7.11 Å². The minimum absolute atomic E-state index is 0.728. The van der Waals surface area contributed by atoms with E-state index in [4.69, 9.17) is 9.72 Å². The Bertz CT molecular complexity index is 389. The fourth-order valence-corrected chi connectivity index (χ4v) is 2.84. The number of anilines is 1. The Morgan fingerprint density at radius 1 is 1.53 bits per heavy atom. The van der Waals surface area contributed by atoms with Crippen molar-refractivity contribution in [2.45, 2.75) is 26.3 Å². The zero-order valence-electron chi connectivity index (χ0n) is 12.4. The molecule has 0 aliphatic carbocycles. The van der Waals surface area contributed by atoms with Crippen molar-refractivity contribution in [2.75, 3.05) is 45.3 Å². The molecule has 19 heavy (non-hydrogen) atoms. The van der Waals surface area contributed by atoms with Crippen LogP contribution in [0.25, 0.3) is 0 Å². The predicted octanol–water partition coefficient (Wildman–Crippen LogP) is 1.27. The second kappa shape index (κ2) is 6.91. The van der Waals surface area contributed by atoms with Gasteiger partial charge in [-0.15, -0.1) is 0 Å². The van der Waals surface area contributed by atoms with Crippen LogP contribution in [0.3, 0.4) is 0 Å². The molecule has 1 unspecified atom stereocenters. The quantitative estimate of drug-likeness (QED) is 0.842. The van der Waals surface area contributed by atoms with Gasteiger partial charge in [0.15, 0.2) is 0 Å². The van der Waals surface area contributed by atoms with E-state index in [1.807, 2.05) is 7.05 Å². The molecular formula is C14H26N4O. The molecule has 1 N–H and O–H groups in total. The molecule has 0 amide bonds. The molecule has 108 valence electrons. The highest BCUT2D eigenvalue weighted by Crippen LogP contribution is 2.22. The number of aryl methyl sites for hydroxylation is 1. The molecule has 0 saturated carbocycles. The van der Waals surface area contributed by atoms with Crippen LogP contribution in [0.15, 0.2) is 6.20 Å². The molecule has 1 aliphatic heterocycles. The van der Waals surface area contributed by atoms with Crippen LogP contribution in [-0.2, 0) is 11.3 Å². The average Bonchev–Trinajstić information content (AvgIpc) is 2.78. The third-order valence-corrected chi connectivity index (χ3v) is 3.71. The Balaban J connectivity index is 2.07. The van der Waals surface area contributed by atoms with E-state index in [-0.39, 0.29) is 0 Å². The number of imidazole rings is 1. The van der Waals surface area contributed by atoms with E-state index in [1.165, 1.54) is 12.8 Å². The number of hydrogen-bond acceptors (Lipinski definition) is 4. The molecule has 0 bridgehead atoms. The van der Waals surface area contributed by atoms with Crippen LogP contribution < -0.4 is 10.2 Å². The van der Waals surface area contributed by atoms with Gasteiger partial charge >= 0.3 is 0 Å². The molecule has 0 spiro atoms. The van der Waals surface area contributed by atoms with Gasteiger partial charge in [-0.3, -0.25) is 0 Å². The van der Waals surface area contributed by atoms with Crippen molar-refractivity contribution in [1.29, 1.82) is 0 Å². The van der Waals surface area contributed by atoms with Gasteiger partial charge in [-0.1, -0.05) is 0 Å². The van der Waals surface area contributed by atoms with Crippen LogP contribution in [0.2, 0.25) is 0 Å². The molecule has 0 aromatic carbocycles. The van der Waals surface area contributed by atoms with Gasteiger partial charge in [0.1, 0.15) is 0 Å². The Kier molecular flexibility index (Phi) is 5.22. The fraction of sp³-hybridized carbons (Fsp3) is 0.786. The Hall–Kier alpha value is -1.07. The second-order valence-corrected chi connectivity index (χ2v) is 5.38. The lowest BCUT2D eigenvalue weighted by Gasteiger charge is -2.33. The van der Waals surface area contributed by atoms with Crippen molar-refractivity contribution in [3.63, 3.8) is 0 Å². The van der Waals surface area contributed by atoms with Crippen LogP contribution in [0.5, 0.6) is 0 Å². The summed E-state index contributed by atoms with van der Waals surface area (Å²) in [6.45, 7) is 6.97. The number of ether oxygens (including phenoxy) is 1. The van der Waals surface area contributed by atoms with E-state index in [2.05, 4.69) is 27.9 Å². The summed E-state index contributed by atoms with van der Waals surface area (Å²) < 4.78 is 7.40. The van der Waals surface area contributed by atoms with Crippen LogP contribution >= 0.6 is 0 Å². The maximum atomic E-state index is 5.18. The molecule has 5 heteroatoms. The molecule has 5 nitrogen and oxygen atoms in total. The molecular weight excluding hydrogens is 240 g/mol. The van der Waals surface area contributed by atoms with E-state index in [0.717, 1.165) is 50.3 Å². The number of rotatable bonds is 6. The number of aromatic nitrogens is 2. The second-order valence-electron chi connectivity index (χ2n) is 5.38. The smallest absolute Gasteiger partial charge is 0.205 e. The van der Waals surface area contributed by atoms with E-state index in [9.17, 15) is 0 Å². The molecule has 1 atom stereocenters. The molecule has 1 aromatic heterocycles. The molecule has 0 radical (unpaired) electrons. The SMILES string of the molecule is CNCC1CCCN(c2nc(C)cn2CCOC)C1. The van der Waals surface area contributed by atoms with Gasteiger partial charge in [0.25, 0.3) is 0 Å². The van der Waals surface area contributed by atoms with Gasteiger partial charge in [0, 0.05) is 32.9 Å². The monoisotopic (exact) mass is 266 g/mol. The van der Waals surface area contributed by atoms with Crippen molar-refractivity contribution in [3.05, 3.63) is 11.9 Å². The van der Waals surface area contributed by atoms with Gasteiger partial charge in [0.2, 0.25) is 5.95 Å². The average molecular weight is 266 g/mol. The zero-order chi connectivity index (χ0) is 13.7. The first-order valence-electron chi connectivity index (χ1n) is 7.17. The number of piperidine rings is 1. The highest BCUT2D eigenvalue weighted by molar-refractivity contribution is 5.34. The largest absolute Gasteiger partial charge is 0.383 e. The summed E-state index contributed by atoms with van der Waals surface area (Å²) in [5.41, 5.74) is 1.09. The van der Waals surface area contributed by atoms with E-state index < -0.39 is 0 Å². The van der Waals surface area contributed by atoms with Crippen molar-refractivity contribution in [1.82, 2.24) is 14.9 Å². The van der Waals surface area contributed by atoms with Crippen LogP contribution in [0.1, 0.15) is 18.5 Å². The first kappa shape index (κ1) is 14.3. The minimum atomic E-state index is 0.728. The highest BCUT2D eigenvalue weighted by atomic mass is 16.5. The molecule has 1 aromatic rings. The van der Waals surface area contributed by atoms with Gasteiger partial charge in [-0.05, 0) is 39.3 Å². The lowest BCUT2D eigenvalue weighted by Crippen LogP contribution is -2.40. The minimum Gasteiger partial charge on any atom is -0.383 e. The maximum Gasteiger partial charge on any atom is 0.205 e. The first-order chi connectivity index (χ1) is 9.24. The van der Waals surface area contributed by atoms with Crippen LogP contribution in [0.4, 0.5) is 5.95 Å². The van der Waals surface area contributed by atoms with Gasteiger partial charge < -0.3 is 19.5 Å². The summed E-state index contributed by atoms with van der Waals surface area (Å²) in [6, 6.07) is 0. The third-order valence-electron chi connectivity index (χ3n) is 3.71. The summed E-state index contributed by atoms with van der Waals surface area (Å²) in [5.74, 6) is 1.84. The Labute approximate surface area is 116 Å². The van der Waals surface area contributed by atoms with Crippen LogP contribution in [-0.4, -0.2) is 49.9 Å². The standard InChI is InChI=1S/C14H26N4O/c1-12-10-18(7-8-19-3)14(16-12)17-6-4-5-13(11-17)9-15-2/h10,13,15H,4-9,11H2,1-3H3. The summed E-state index contributed by atoms with van der Waals surface area (Å²) in [4.78, 5) is 7.12. The van der Waals surface area contributed by atoms with Gasteiger partial charge in [0.05, 0.1) is 12.3 Å². The van der Waals surface area contributed by atoms with Crippen LogP contribution in [0, 0.1) is 12.8 Å². The lowest BCUT2D eigenvalue weighted by atomic mass is 9.98. The molecule has 2 rings (SSSR count). The summed E-state index contributed by atoms with van der Waals surface area (Å²) in [5, 5.41) is 3.29. The fourth-order valence-electron chi connectivity index (χ4n) is 2.84. The highest BCUT2D eigenvalue weighted by Gasteiger charge is 2.22. The Morgan fingerprint density at radius 3 is 3.11 bits per heavy atom. The van der Waals surface area contributed by atoms with Crippen molar-refractivity contribution in [2.24, 2.45) is 5.92 Å². The van der Waals surface area contributed by atoms with E-state index in [0.29, 0.717) is 0 Å². The summed E-state index contributed by atoms with van der Waals surface area (Å²) in [7, 11) is 3.77. The molecule has 1 saturated heterocycles. The van der Waals surface area contributed by atoms with E-state index >= 15 is 0 Å². The topological polar surface area (TPSA) is 42.3 Å².